The summed E-state index contributed by atoms with van der Waals surface area (Å²) in [4.78, 5) is 10.2. The van der Waals surface area contributed by atoms with Gasteiger partial charge in [-0.05, 0) is 25.3 Å². The normalized spacial score (nSPS) is 13.2. The molecule has 0 saturated carbocycles. The summed E-state index contributed by atoms with van der Waals surface area (Å²) in [5, 5.41) is 13.4. The predicted octanol–water partition coefficient (Wildman–Crippen LogP) is 2.35. The fraction of sp³-hybridized carbons (Fsp3) is 0.538. The molecule has 1 atom stereocenters. The summed E-state index contributed by atoms with van der Waals surface area (Å²) in [6.45, 7) is 5.81. The number of nitro groups is 1. The van der Waals surface area contributed by atoms with E-state index in [1.807, 2.05) is 13.8 Å². The van der Waals surface area contributed by atoms with E-state index in [0.717, 1.165) is 0 Å². The summed E-state index contributed by atoms with van der Waals surface area (Å²) < 4.78 is 27.3. The molecule has 0 saturated heterocycles. The molecule has 1 aromatic rings. The van der Waals surface area contributed by atoms with E-state index in [0.29, 0.717) is 12.3 Å². The second-order valence-electron chi connectivity index (χ2n) is 5.34. The van der Waals surface area contributed by atoms with Crippen molar-refractivity contribution in [2.45, 2.75) is 38.1 Å². The van der Waals surface area contributed by atoms with Crippen molar-refractivity contribution in [2.75, 3.05) is 12.4 Å². The molecule has 0 bridgehead atoms. The summed E-state index contributed by atoms with van der Waals surface area (Å²) in [5.74, 6) is 0.364. The molecule has 0 aliphatic heterocycles. The van der Waals surface area contributed by atoms with Crippen LogP contribution in [0.2, 0.25) is 0 Å². The Morgan fingerprint density at radius 1 is 1.29 bits per heavy atom. The van der Waals surface area contributed by atoms with Crippen LogP contribution in [0, 0.1) is 16.0 Å². The minimum atomic E-state index is -3.73. The number of sulfonamides is 1. The van der Waals surface area contributed by atoms with Crippen molar-refractivity contribution in [2.24, 2.45) is 5.92 Å². The molecule has 21 heavy (non-hydrogen) atoms. The van der Waals surface area contributed by atoms with Crippen LogP contribution >= 0.6 is 0 Å². The Morgan fingerprint density at radius 3 is 2.38 bits per heavy atom. The molecule has 118 valence electrons. The third kappa shape index (κ3) is 4.68. The second-order valence-corrected chi connectivity index (χ2v) is 7.02. The first-order valence-electron chi connectivity index (χ1n) is 6.66. The molecule has 0 aliphatic rings. The monoisotopic (exact) mass is 315 g/mol. The SMILES string of the molecule is CNc1cc([N+](=O)[O-])ccc1S(=O)(=O)NC(C)CC(C)C. The van der Waals surface area contributed by atoms with E-state index in [4.69, 9.17) is 0 Å². The molecule has 0 radical (unpaired) electrons. The highest BCUT2D eigenvalue weighted by atomic mass is 32.2. The summed E-state index contributed by atoms with van der Waals surface area (Å²) in [5.41, 5.74) is 0.0435. The summed E-state index contributed by atoms with van der Waals surface area (Å²) in [6.07, 6.45) is 0.709. The third-order valence-corrected chi connectivity index (χ3v) is 4.56. The molecule has 1 unspecified atom stereocenters. The van der Waals surface area contributed by atoms with Gasteiger partial charge in [0.25, 0.3) is 5.69 Å². The summed E-state index contributed by atoms with van der Waals surface area (Å²) in [7, 11) is -2.20. The van der Waals surface area contributed by atoms with E-state index in [9.17, 15) is 18.5 Å². The molecule has 7 nitrogen and oxygen atoms in total. The van der Waals surface area contributed by atoms with Gasteiger partial charge in [-0.1, -0.05) is 13.8 Å². The van der Waals surface area contributed by atoms with Crippen LogP contribution in [-0.2, 0) is 10.0 Å². The van der Waals surface area contributed by atoms with E-state index in [1.54, 1.807) is 6.92 Å². The van der Waals surface area contributed by atoms with Crippen LogP contribution in [-0.4, -0.2) is 26.4 Å². The highest BCUT2D eigenvalue weighted by Crippen LogP contribution is 2.26. The molecule has 0 heterocycles. The maximum Gasteiger partial charge on any atom is 0.271 e. The molecule has 1 aromatic carbocycles. The van der Waals surface area contributed by atoms with Gasteiger partial charge in [0.1, 0.15) is 4.90 Å². The van der Waals surface area contributed by atoms with Gasteiger partial charge in [-0.2, -0.15) is 0 Å². The first-order valence-corrected chi connectivity index (χ1v) is 8.14. The van der Waals surface area contributed by atoms with Gasteiger partial charge < -0.3 is 5.32 Å². The van der Waals surface area contributed by atoms with Crippen LogP contribution in [0.25, 0.3) is 0 Å². The van der Waals surface area contributed by atoms with E-state index in [2.05, 4.69) is 10.0 Å². The molecule has 1 rings (SSSR count). The van der Waals surface area contributed by atoms with Gasteiger partial charge in [-0.25, -0.2) is 13.1 Å². The van der Waals surface area contributed by atoms with Crippen molar-refractivity contribution in [3.05, 3.63) is 28.3 Å². The molecular weight excluding hydrogens is 294 g/mol. The number of hydrogen-bond acceptors (Lipinski definition) is 5. The number of anilines is 1. The zero-order valence-corrected chi connectivity index (χ0v) is 13.4. The average molecular weight is 315 g/mol. The van der Waals surface area contributed by atoms with Crippen LogP contribution in [0.1, 0.15) is 27.2 Å². The molecule has 0 spiro atoms. The number of nitrogens with zero attached hydrogens (tertiary/aromatic N) is 1. The summed E-state index contributed by atoms with van der Waals surface area (Å²) in [6, 6.07) is 3.42. The van der Waals surface area contributed by atoms with Crippen molar-refractivity contribution in [3.63, 3.8) is 0 Å². The van der Waals surface area contributed by atoms with Gasteiger partial charge in [0, 0.05) is 25.2 Å². The Labute approximate surface area is 124 Å². The summed E-state index contributed by atoms with van der Waals surface area (Å²) >= 11 is 0. The molecular formula is C13H21N3O4S. The minimum Gasteiger partial charge on any atom is -0.387 e. The maximum atomic E-state index is 12.4. The minimum absolute atomic E-state index is 0.00575. The maximum absolute atomic E-state index is 12.4. The Balaban J connectivity index is 3.10. The van der Waals surface area contributed by atoms with Crippen molar-refractivity contribution in [1.82, 2.24) is 4.72 Å². The van der Waals surface area contributed by atoms with Gasteiger partial charge in [-0.15, -0.1) is 0 Å². The molecule has 8 heteroatoms. The van der Waals surface area contributed by atoms with Crippen molar-refractivity contribution in [1.29, 1.82) is 0 Å². The van der Waals surface area contributed by atoms with E-state index >= 15 is 0 Å². The van der Waals surface area contributed by atoms with Gasteiger partial charge >= 0.3 is 0 Å². The molecule has 0 aliphatic carbocycles. The number of hydrogen-bond donors (Lipinski definition) is 2. The van der Waals surface area contributed by atoms with Crippen LogP contribution in [0.3, 0.4) is 0 Å². The lowest BCUT2D eigenvalue weighted by atomic mass is 10.1. The lowest BCUT2D eigenvalue weighted by molar-refractivity contribution is -0.384. The fourth-order valence-electron chi connectivity index (χ4n) is 2.14. The van der Waals surface area contributed by atoms with Crippen molar-refractivity contribution in [3.8, 4) is 0 Å². The number of rotatable bonds is 7. The van der Waals surface area contributed by atoms with Crippen LogP contribution in [0.4, 0.5) is 11.4 Å². The predicted molar refractivity (Wildman–Crippen MR) is 81.9 cm³/mol. The van der Waals surface area contributed by atoms with Gasteiger partial charge in [0.15, 0.2) is 0 Å². The van der Waals surface area contributed by atoms with Crippen molar-refractivity contribution >= 4 is 21.4 Å². The molecule has 2 N–H and O–H groups in total. The standard InChI is InChI=1S/C13H21N3O4S/c1-9(2)7-10(3)15-21(19,20)13-6-5-11(16(17)18)8-12(13)14-4/h5-6,8-10,14-15H,7H2,1-4H3. The van der Waals surface area contributed by atoms with Gasteiger partial charge in [0.2, 0.25) is 10.0 Å². The number of non-ortho nitro benzene ring substituents is 1. The first kappa shape index (κ1) is 17.4. The largest absolute Gasteiger partial charge is 0.387 e. The molecule has 0 aromatic heterocycles. The Kier molecular flexibility index (Phi) is 5.68. The zero-order chi connectivity index (χ0) is 16.2. The van der Waals surface area contributed by atoms with E-state index in [1.165, 1.54) is 25.2 Å². The van der Waals surface area contributed by atoms with Crippen LogP contribution < -0.4 is 10.0 Å². The molecule has 0 amide bonds. The zero-order valence-electron chi connectivity index (χ0n) is 12.6. The fourth-order valence-corrected chi connectivity index (χ4v) is 3.60. The number of benzene rings is 1. The highest BCUT2D eigenvalue weighted by molar-refractivity contribution is 7.89. The molecule has 0 fully saturated rings. The number of nitro benzene ring substituents is 1. The van der Waals surface area contributed by atoms with E-state index < -0.39 is 14.9 Å². The Morgan fingerprint density at radius 2 is 1.90 bits per heavy atom. The van der Waals surface area contributed by atoms with Gasteiger partial charge in [0.05, 0.1) is 10.6 Å². The van der Waals surface area contributed by atoms with Crippen LogP contribution in [0.5, 0.6) is 0 Å². The second kappa shape index (κ2) is 6.86. The third-order valence-electron chi connectivity index (χ3n) is 2.91. The van der Waals surface area contributed by atoms with Crippen molar-refractivity contribution < 1.29 is 13.3 Å². The number of nitrogens with one attached hydrogen (secondary N) is 2. The first-order chi connectivity index (χ1) is 9.67. The Bertz CT molecular complexity index is 614. The Hall–Kier alpha value is -1.67. The van der Waals surface area contributed by atoms with Crippen LogP contribution in [0.15, 0.2) is 23.1 Å². The quantitative estimate of drug-likeness (QED) is 0.594. The van der Waals surface area contributed by atoms with E-state index in [-0.39, 0.29) is 22.3 Å². The lowest BCUT2D eigenvalue weighted by Crippen LogP contribution is -2.33. The highest BCUT2D eigenvalue weighted by Gasteiger charge is 2.23. The smallest absolute Gasteiger partial charge is 0.271 e. The van der Waals surface area contributed by atoms with Gasteiger partial charge in [-0.3, -0.25) is 10.1 Å². The average Bonchev–Trinajstić information content (AvgIpc) is 2.35. The topological polar surface area (TPSA) is 101 Å². The lowest BCUT2D eigenvalue weighted by Gasteiger charge is -2.17.